The molecule has 0 aliphatic carbocycles. The van der Waals surface area contributed by atoms with Crippen LogP contribution in [0.1, 0.15) is 20.8 Å². The van der Waals surface area contributed by atoms with E-state index in [1.54, 1.807) is 0 Å². The Kier molecular flexibility index (Phi) is 3.62. The van der Waals surface area contributed by atoms with E-state index in [1.807, 2.05) is 20.8 Å². The van der Waals surface area contributed by atoms with E-state index in [2.05, 4.69) is 27.8 Å². The number of rotatable bonds is 2. The molecule has 2 heteroatoms. The minimum Gasteiger partial charge on any atom is -0.363 e. The van der Waals surface area contributed by atoms with Gasteiger partial charge in [0.2, 0.25) is 0 Å². The maximum absolute atomic E-state index is 3.71. The number of nitrogens with one attached hydrogen (secondary N) is 1. The highest BCUT2D eigenvalue weighted by Crippen LogP contribution is 2.07. The maximum Gasteiger partial charge on any atom is 0.0216 e. The summed E-state index contributed by atoms with van der Waals surface area (Å²) in [6, 6.07) is 0. The molecule has 52 valence electrons. The second-order valence-corrected chi connectivity index (χ2v) is 3.25. The molecule has 0 aromatic carbocycles. The van der Waals surface area contributed by atoms with Crippen LogP contribution in [0.4, 0.5) is 0 Å². The largest absolute Gasteiger partial charge is 0.363 e. The standard InChI is InChI=1S/C7H12BrN/c1-5(2)9-7(4)6(3)8/h9H,1H2,2-4H3/b7-6-. The second-order valence-electron chi connectivity index (χ2n) is 2.06. The lowest BCUT2D eigenvalue weighted by Crippen LogP contribution is -2.06. The molecule has 0 aromatic heterocycles. The van der Waals surface area contributed by atoms with Gasteiger partial charge >= 0.3 is 0 Å². The Hall–Kier alpha value is -0.240. The lowest BCUT2D eigenvalue weighted by atomic mass is 10.4. The zero-order chi connectivity index (χ0) is 7.44. The van der Waals surface area contributed by atoms with Crippen LogP contribution in [0.5, 0.6) is 0 Å². The molecule has 0 unspecified atom stereocenters. The summed E-state index contributed by atoms with van der Waals surface area (Å²) in [5.74, 6) is 0. The predicted octanol–water partition coefficient (Wildman–Crippen LogP) is 2.76. The van der Waals surface area contributed by atoms with Crippen molar-refractivity contribution in [3.05, 3.63) is 22.5 Å². The summed E-state index contributed by atoms with van der Waals surface area (Å²) in [5, 5.41) is 3.08. The normalized spacial score (nSPS) is 12.4. The molecule has 9 heavy (non-hydrogen) atoms. The number of halogens is 1. The Balaban J connectivity index is 3.92. The molecule has 1 nitrogen and oxygen atoms in total. The minimum absolute atomic E-state index is 0.964. The molecule has 0 aliphatic heterocycles. The van der Waals surface area contributed by atoms with Gasteiger partial charge in [-0.2, -0.15) is 0 Å². The fourth-order valence-corrected chi connectivity index (χ4v) is 0.505. The zero-order valence-corrected chi connectivity index (χ0v) is 7.67. The summed E-state index contributed by atoms with van der Waals surface area (Å²) in [6.45, 7) is 9.63. The summed E-state index contributed by atoms with van der Waals surface area (Å²) in [7, 11) is 0. The monoisotopic (exact) mass is 189 g/mol. The van der Waals surface area contributed by atoms with Crippen molar-refractivity contribution in [2.45, 2.75) is 20.8 Å². The van der Waals surface area contributed by atoms with Gasteiger partial charge in [-0.05, 0) is 20.8 Å². The summed E-state index contributed by atoms with van der Waals surface area (Å²) in [4.78, 5) is 0. The van der Waals surface area contributed by atoms with Crippen LogP contribution >= 0.6 is 15.9 Å². The van der Waals surface area contributed by atoms with E-state index < -0.39 is 0 Å². The first-order valence-corrected chi connectivity index (χ1v) is 3.59. The molecule has 0 spiro atoms. The molecule has 0 aliphatic rings. The van der Waals surface area contributed by atoms with E-state index in [4.69, 9.17) is 0 Å². The van der Waals surface area contributed by atoms with Crippen LogP contribution in [0, 0.1) is 0 Å². The Morgan fingerprint density at radius 2 is 1.78 bits per heavy atom. The van der Waals surface area contributed by atoms with Crippen LogP contribution in [0.3, 0.4) is 0 Å². The van der Waals surface area contributed by atoms with E-state index in [-0.39, 0.29) is 0 Å². The second kappa shape index (κ2) is 3.72. The fourth-order valence-electron chi connectivity index (χ4n) is 0.406. The van der Waals surface area contributed by atoms with Crippen LogP contribution in [0.15, 0.2) is 22.5 Å². The van der Waals surface area contributed by atoms with Crippen molar-refractivity contribution in [3.63, 3.8) is 0 Å². The first-order chi connectivity index (χ1) is 4.04. The first kappa shape index (κ1) is 8.76. The summed E-state index contributed by atoms with van der Waals surface area (Å²) >= 11 is 3.34. The van der Waals surface area contributed by atoms with Gasteiger partial charge in [-0.3, -0.25) is 0 Å². The van der Waals surface area contributed by atoms with Gasteiger partial charge < -0.3 is 5.32 Å². The van der Waals surface area contributed by atoms with Gasteiger partial charge in [0, 0.05) is 15.9 Å². The third-order valence-corrected chi connectivity index (χ3v) is 1.51. The molecular weight excluding hydrogens is 178 g/mol. The van der Waals surface area contributed by atoms with Gasteiger partial charge in [0.1, 0.15) is 0 Å². The van der Waals surface area contributed by atoms with Gasteiger partial charge in [0.15, 0.2) is 0 Å². The van der Waals surface area contributed by atoms with E-state index in [0.717, 1.165) is 15.9 Å². The number of hydrogen-bond donors (Lipinski definition) is 1. The van der Waals surface area contributed by atoms with E-state index in [0.29, 0.717) is 0 Å². The van der Waals surface area contributed by atoms with Crippen molar-refractivity contribution >= 4 is 15.9 Å². The number of hydrogen-bond acceptors (Lipinski definition) is 1. The van der Waals surface area contributed by atoms with Crippen LogP contribution in [-0.2, 0) is 0 Å². The third kappa shape index (κ3) is 4.28. The van der Waals surface area contributed by atoms with E-state index in [1.165, 1.54) is 0 Å². The van der Waals surface area contributed by atoms with Gasteiger partial charge in [-0.1, -0.05) is 22.5 Å². The zero-order valence-electron chi connectivity index (χ0n) is 6.09. The highest BCUT2D eigenvalue weighted by Gasteiger charge is 1.89. The minimum atomic E-state index is 0.964. The maximum atomic E-state index is 3.71. The molecule has 0 atom stereocenters. The van der Waals surface area contributed by atoms with E-state index >= 15 is 0 Å². The Labute approximate surface area is 65.0 Å². The van der Waals surface area contributed by atoms with Gasteiger partial charge in [-0.25, -0.2) is 0 Å². The molecule has 0 heterocycles. The van der Waals surface area contributed by atoms with Crippen molar-refractivity contribution in [1.82, 2.24) is 5.32 Å². The lowest BCUT2D eigenvalue weighted by Gasteiger charge is -2.04. The van der Waals surface area contributed by atoms with Crippen LogP contribution in [0.2, 0.25) is 0 Å². The lowest BCUT2D eigenvalue weighted by molar-refractivity contribution is 0.967. The highest BCUT2D eigenvalue weighted by atomic mass is 79.9. The highest BCUT2D eigenvalue weighted by molar-refractivity contribution is 9.11. The Bertz CT molecular complexity index is 143. The molecular formula is C7H12BrN. The van der Waals surface area contributed by atoms with Crippen molar-refractivity contribution in [3.8, 4) is 0 Å². The predicted molar refractivity (Wildman–Crippen MR) is 45.3 cm³/mol. The third-order valence-electron chi connectivity index (χ3n) is 0.918. The molecule has 0 saturated heterocycles. The molecule has 0 rings (SSSR count). The average molecular weight is 190 g/mol. The Morgan fingerprint density at radius 3 is 1.89 bits per heavy atom. The van der Waals surface area contributed by atoms with Gasteiger partial charge in [0.25, 0.3) is 0 Å². The number of allylic oxidation sites excluding steroid dienone is 3. The van der Waals surface area contributed by atoms with Crippen molar-refractivity contribution in [1.29, 1.82) is 0 Å². The molecule has 0 aromatic rings. The fraction of sp³-hybridized carbons (Fsp3) is 0.429. The molecule has 1 N–H and O–H groups in total. The molecule has 0 fully saturated rings. The first-order valence-electron chi connectivity index (χ1n) is 2.79. The van der Waals surface area contributed by atoms with Crippen molar-refractivity contribution in [2.75, 3.05) is 0 Å². The summed E-state index contributed by atoms with van der Waals surface area (Å²) in [6.07, 6.45) is 0. The molecule has 0 radical (unpaired) electrons. The van der Waals surface area contributed by atoms with Crippen molar-refractivity contribution in [2.24, 2.45) is 0 Å². The molecule has 0 saturated carbocycles. The molecule has 0 bridgehead atoms. The quantitative estimate of drug-likeness (QED) is 0.705. The van der Waals surface area contributed by atoms with Crippen molar-refractivity contribution < 1.29 is 0 Å². The smallest absolute Gasteiger partial charge is 0.0216 e. The SMILES string of the molecule is C=C(C)N/C(C)=C(/C)Br. The molecule has 0 amide bonds. The average Bonchev–Trinajstić information content (AvgIpc) is 1.63. The van der Waals surface area contributed by atoms with Crippen LogP contribution in [0.25, 0.3) is 0 Å². The van der Waals surface area contributed by atoms with Crippen LogP contribution < -0.4 is 5.32 Å². The van der Waals surface area contributed by atoms with Gasteiger partial charge in [-0.15, -0.1) is 0 Å². The van der Waals surface area contributed by atoms with Gasteiger partial charge in [0.05, 0.1) is 0 Å². The van der Waals surface area contributed by atoms with E-state index in [9.17, 15) is 0 Å². The summed E-state index contributed by atoms with van der Waals surface area (Å²) in [5.41, 5.74) is 2.08. The topological polar surface area (TPSA) is 12.0 Å². The van der Waals surface area contributed by atoms with Crippen LogP contribution in [-0.4, -0.2) is 0 Å². The Morgan fingerprint density at radius 1 is 1.33 bits per heavy atom. The summed E-state index contributed by atoms with van der Waals surface area (Å²) < 4.78 is 1.12.